The Labute approximate surface area is 142 Å². The summed E-state index contributed by atoms with van der Waals surface area (Å²) in [5.41, 5.74) is 1.13. The molecule has 1 aliphatic heterocycles. The molecule has 3 rings (SSSR count). The number of carbonyl (C=O) groups is 1. The minimum absolute atomic E-state index is 0.198. The molecule has 0 bridgehead atoms. The Balaban J connectivity index is 1.61. The van der Waals surface area contributed by atoms with E-state index in [1.54, 1.807) is 18.6 Å². The van der Waals surface area contributed by atoms with Crippen LogP contribution in [-0.4, -0.2) is 33.9 Å². The first-order valence-electron chi connectivity index (χ1n) is 8.45. The molecule has 0 radical (unpaired) electrons. The van der Waals surface area contributed by atoms with Crippen LogP contribution in [-0.2, 0) is 6.42 Å². The van der Waals surface area contributed by atoms with Crippen molar-refractivity contribution < 1.29 is 4.79 Å². The molecule has 126 valence electrons. The smallest absolute Gasteiger partial charge is 0.257 e. The van der Waals surface area contributed by atoms with Crippen LogP contribution in [0, 0.1) is 5.92 Å². The van der Waals surface area contributed by atoms with E-state index in [0.717, 1.165) is 31.2 Å². The third kappa shape index (κ3) is 4.07. The Hall–Kier alpha value is -2.50. The van der Waals surface area contributed by atoms with Crippen LogP contribution in [0.5, 0.6) is 0 Å². The Morgan fingerprint density at radius 1 is 1.12 bits per heavy atom. The number of nitrogens with one attached hydrogen (secondary N) is 1. The lowest BCUT2D eigenvalue weighted by Crippen LogP contribution is -2.19. The van der Waals surface area contributed by atoms with Gasteiger partial charge in [0.05, 0.1) is 23.6 Å². The second-order valence-electron chi connectivity index (χ2n) is 6.54. The van der Waals surface area contributed by atoms with Crippen LogP contribution in [0.3, 0.4) is 0 Å². The molecule has 0 saturated carbocycles. The maximum Gasteiger partial charge on any atom is 0.257 e. The molecule has 0 spiro atoms. The molecule has 1 N–H and O–H groups in total. The number of anilines is 2. The van der Waals surface area contributed by atoms with Crippen molar-refractivity contribution in [3.8, 4) is 0 Å². The van der Waals surface area contributed by atoms with E-state index in [0.29, 0.717) is 17.2 Å². The minimum Gasteiger partial charge on any atom is -0.357 e. The number of rotatable bonds is 5. The van der Waals surface area contributed by atoms with Crippen LogP contribution in [0.25, 0.3) is 0 Å². The van der Waals surface area contributed by atoms with Crippen molar-refractivity contribution in [2.24, 2.45) is 5.92 Å². The molecule has 1 fully saturated rings. The lowest BCUT2D eigenvalue weighted by atomic mass is 10.1. The number of amides is 1. The second kappa shape index (κ2) is 7.38. The van der Waals surface area contributed by atoms with E-state index in [1.165, 1.54) is 12.8 Å². The van der Waals surface area contributed by atoms with Gasteiger partial charge in [-0.15, -0.1) is 0 Å². The summed E-state index contributed by atoms with van der Waals surface area (Å²) in [6, 6.07) is 3.71. The predicted molar refractivity (Wildman–Crippen MR) is 94.2 cm³/mol. The highest BCUT2D eigenvalue weighted by atomic mass is 16.1. The fourth-order valence-electron chi connectivity index (χ4n) is 2.75. The maximum atomic E-state index is 12.3. The minimum atomic E-state index is -0.198. The first-order chi connectivity index (χ1) is 11.6. The number of nitrogens with zero attached hydrogens (tertiary/aromatic N) is 4. The number of hydrogen-bond acceptors (Lipinski definition) is 5. The average Bonchev–Trinajstić information content (AvgIpc) is 3.11. The van der Waals surface area contributed by atoms with Crippen molar-refractivity contribution in [2.75, 3.05) is 23.3 Å². The van der Waals surface area contributed by atoms with Crippen LogP contribution in [0.1, 0.15) is 42.9 Å². The summed E-state index contributed by atoms with van der Waals surface area (Å²) >= 11 is 0. The molecule has 1 aliphatic rings. The van der Waals surface area contributed by atoms with Gasteiger partial charge in [0.25, 0.3) is 5.91 Å². The van der Waals surface area contributed by atoms with E-state index >= 15 is 0 Å². The monoisotopic (exact) mass is 325 g/mol. The quantitative estimate of drug-likeness (QED) is 0.915. The highest BCUT2D eigenvalue weighted by molar-refractivity contribution is 6.03. The second-order valence-corrected chi connectivity index (χ2v) is 6.54. The summed E-state index contributed by atoms with van der Waals surface area (Å²) in [4.78, 5) is 27.5. The molecule has 2 aromatic heterocycles. The zero-order valence-electron chi connectivity index (χ0n) is 14.2. The van der Waals surface area contributed by atoms with E-state index < -0.39 is 0 Å². The molecule has 24 heavy (non-hydrogen) atoms. The predicted octanol–water partition coefficient (Wildman–Crippen LogP) is 2.92. The Morgan fingerprint density at radius 3 is 2.42 bits per heavy atom. The fourth-order valence-corrected chi connectivity index (χ4v) is 2.75. The Morgan fingerprint density at radius 2 is 1.83 bits per heavy atom. The van der Waals surface area contributed by atoms with E-state index in [-0.39, 0.29) is 5.91 Å². The molecular formula is C18H23N5O. The van der Waals surface area contributed by atoms with E-state index in [1.807, 2.05) is 12.1 Å². The van der Waals surface area contributed by atoms with Gasteiger partial charge < -0.3 is 10.2 Å². The van der Waals surface area contributed by atoms with Crippen molar-refractivity contribution in [2.45, 2.75) is 33.1 Å². The molecule has 1 saturated heterocycles. The van der Waals surface area contributed by atoms with Crippen LogP contribution in [0.2, 0.25) is 0 Å². The maximum absolute atomic E-state index is 12.3. The van der Waals surface area contributed by atoms with Gasteiger partial charge in [-0.25, -0.2) is 15.0 Å². The highest BCUT2D eigenvalue weighted by Gasteiger charge is 2.14. The molecule has 0 atom stereocenters. The third-order valence-electron chi connectivity index (χ3n) is 3.99. The molecule has 0 aliphatic carbocycles. The normalized spacial score (nSPS) is 14.2. The van der Waals surface area contributed by atoms with Crippen molar-refractivity contribution in [3.05, 3.63) is 42.1 Å². The van der Waals surface area contributed by atoms with Gasteiger partial charge in [0.1, 0.15) is 11.6 Å². The SMILES string of the molecule is CC(C)Cc1ncc(NC(=O)c2ccc(N3CCCC3)nc2)cn1. The van der Waals surface area contributed by atoms with Crippen LogP contribution >= 0.6 is 0 Å². The number of pyridine rings is 1. The summed E-state index contributed by atoms with van der Waals surface area (Å²) < 4.78 is 0. The third-order valence-corrected chi connectivity index (χ3v) is 3.99. The molecule has 1 amide bonds. The van der Waals surface area contributed by atoms with Gasteiger partial charge in [-0.2, -0.15) is 0 Å². The summed E-state index contributed by atoms with van der Waals surface area (Å²) in [6.45, 7) is 6.33. The first-order valence-corrected chi connectivity index (χ1v) is 8.45. The van der Waals surface area contributed by atoms with Gasteiger partial charge in [-0.1, -0.05) is 13.8 Å². The van der Waals surface area contributed by atoms with Gasteiger partial charge in [-0.05, 0) is 30.9 Å². The van der Waals surface area contributed by atoms with Crippen LogP contribution in [0.15, 0.2) is 30.7 Å². The molecule has 6 nitrogen and oxygen atoms in total. The molecule has 2 aromatic rings. The van der Waals surface area contributed by atoms with Gasteiger partial charge in [0.15, 0.2) is 0 Å². The standard InChI is InChI=1S/C18H23N5O/c1-13(2)9-16-19-11-15(12-20-16)22-18(24)14-5-6-17(21-10-14)23-7-3-4-8-23/h5-6,10-13H,3-4,7-9H2,1-2H3,(H,22,24). The van der Waals surface area contributed by atoms with E-state index in [9.17, 15) is 4.79 Å². The lowest BCUT2D eigenvalue weighted by molar-refractivity contribution is 0.102. The Bertz CT molecular complexity index is 676. The zero-order chi connectivity index (χ0) is 16.9. The summed E-state index contributed by atoms with van der Waals surface area (Å²) in [5, 5.41) is 2.81. The van der Waals surface area contributed by atoms with Gasteiger partial charge >= 0.3 is 0 Å². The Kier molecular flexibility index (Phi) is 5.03. The van der Waals surface area contributed by atoms with E-state index in [2.05, 4.69) is 39.0 Å². The van der Waals surface area contributed by atoms with Crippen molar-refractivity contribution in [1.29, 1.82) is 0 Å². The number of aromatic nitrogens is 3. The molecule has 0 aromatic carbocycles. The van der Waals surface area contributed by atoms with Crippen LogP contribution in [0.4, 0.5) is 11.5 Å². The summed E-state index contributed by atoms with van der Waals surface area (Å²) in [5.74, 6) is 2.03. The fraction of sp³-hybridized carbons (Fsp3) is 0.444. The topological polar surface area (TPSA) is 71.0 Å². The lowest BCUT2D eigenvalue weighted by Gasteiger charge is -2.16. The van der Waals surface area contributed by atoms with Gasteiger partial charge in [0.2, 0.25) is 0 Å². The van der Waals surface area contributed by atoms with Crippen molar-refractivity contribution in [1.82, 2.24) is 15.0 Å². The largest absolute Gasteiger partial charge is 0.357 e. The zero-order valence-corrected chi connectivity index (χ0v) is 14.2. The van der Waals surface area contributed by atoms with Gasteiger partial charge in [0, 0.05) is 25.7 Å². The highest BCUT2D eigenvalue weighted by Crippen LogP contribution is 2.18. The van der Waals surface area contributed by atoms with Gasteiger partial charge in [-0.3, -0.25) is 4.79 Å². The van der Waals surface area contributed by atoms with Crippen LogP contribution < -0.4 is 10.2 Å². The summed E-state index contributed by atoms with van der Waals surface area (Å²) in [6.07, 6.45) is 8.16. The van der Waals surface area contributed by atoms with Crippen molar-refractivity contribution >= 4 is 17.4 Å². The number of hydrogen-bond donors (Lipinski definition) is 1. The molecule has 3 heterocycles. The summed E-state index contributed by atoms with van der Waals surface area (Å²) in [7, 11) is 0. The molecule has 0 unspecified atom stereocenters. The molecule has 6 heteroatoms. The average molecular weight is 325 g/mol. The van der Waals surface area contributed by atoms with E-state index in [4.69, 9.17) is 0 Å². The first kappa shape index (κ1) is 16.4. The number of carbonyl (C=O) groups excluding carboxylic acids is 1. The van der Waals surface area contributed by atoms with Crippen molar-refractivity contribution in [3.63, 3.8) is 0 Å². The molecular weight excluding hydrogens is 302 g/mol.